The minimum Gasteiger partial charge on any atom is -0.322 e. The Morgan fingerprint density at radius 3 is 1.94 bits per heavy atom. The molecular formula is C21H20FN3O5S2. The fourth-order valence-electron chi connectivity index (χ4n) is 2.78. The van der Waals surface area contributed by atoms with Crippen molar-refractivity contribution in [1.82, 2.24) is 4.72 Å². The first kappa shape index (κ1) is 23.4. The smallest absolute Gasteiger partial charge is 0.261 e. The zero-order valence-electron chi connectivity index (χ0n) is 17.1. The molecule has 0 radical (unpaired) electrons. The summed E-state index contributed by atoms with van der Waals surface area (Å²) < 4.78 is 66.3. The molecule has 168 valence electrons. The van der Waals surface area contributed by atoms with Crippen LogP contribution < -0.4 is 14.8 Å². The lowest BCUT2D eigenvalue weighted by atomic mass is 10.1. The van der Waals surface area contributed by atoms with Gasteiger partial charge in [0.1, 0.15) is 5.82 Å². The van der Waals surface area contributed by atoms with Crippen molar-refractivity contribution in [2.24, 2.45) is 0 Å². The van der Waals surface area contributed by atoms with Crippen LogP contribution in [0.25, 0.3) is 0 Å². The Bertz CT molecular complexity index is 1360. The predicted molar refractivity (Wildman–Crippen MR) is 119 cm³/mol. The molecule has 0 atom stereocenters. The van der Waals surface area contributed by atoms with E-state index in [4.69, 9.17) is 0 Å². The summed E-state index contributed by atoms with van der Waals surface area (Å²) >= 11 is 0. The van der Waals surface area contributed by atoms with Gasteiger partial charge in [0.25, 0.3) is 15.9 Å². The number of halogens is 1. The second-order valence-corrected chi connectivity index (χ2v) is 10.3. The number of aryl methyl sites for hydroxylation is 1. The molecule has 0 fully saturated rings. The topological polar surface area (TPSA) is 121 Å². The summed E-state index contributed by atoms with van der Waals surface area (Å²) in [5.41, 5.74) is 1.38. The second-order valence-electron chi connectivity index (χ2n) is 6.78. The molecule has 11 heteroatoms. The van der Waals surface area contributed by atoms with Crippen molar-refractivity contribution in [3.63, 3.8) is 0 Å². The Balaban J connectivity index is 1.75. The van der Waals surface area contributed by atoms with Crippen LogP contribution in [0.5, 0.6) is 0 Å². The van der Waals surface area contributed by atoms with Crippen LogP contribution in [0.3, 0.4) is 0 Å². The van der Waals surface area contributed by atoms with Crippen LogP contribution >= 0.6 is 0 Å². The van der Waals surface area contributed by atoms with E-state index in [2.05, 4.69) is 14.8 Å². The molecule has 32 heavy (non-hydrogen) atoms. The molecule has 3 aromatic rings. The third-order valence-electron chi connectivity index (χ3n) is 4.55. The van der Waals surface area contributed by atoms with Crippen molar-refractivity contribution in [1.29, 1.82) is 0 Å². The van der Waals surface area contributed by atoms with E-state index in [1.165, 1.54) is 49.5 Å². The molecule has 3 rings (SSSR count). The normalized spacial score (nSPS) is 11.7. The van der Waals surface area contributed by atoms with Gasteiger partial charge in [0.2, 0.25) is 10.0 Å². The highest BCUT2D eigenvalue weighted by Gasteiger charge is 2.17. The van der Waals surface area contributed by atoms with E-state index in [9.17, 15) is 26.0 Å². The Labute approximate surface area is 185 Å². The van der Waals surface area contributed by atoms with E-state index in [1.807, 2.05) is 0 Å². The maximum Gasteiger partial charge on any atom is 0.261 e. The summed E-state index contributed by atoms with van der Waals surface area (Å²) in [6.07, 6.45) is 0. The molecule has 0 unspecified atom stereocenters. The van der Waals surface area contributed by atoms with Crippen LogP contribution in [0.1, 0.15) is 15.9 Å². The zero-order chi connectivity index (χ0) is 23.5. The van der Waals surface area contributed by atoms with E-state index in [0.717, 1.165) is 24.3 Å². The molecule has 0 saturated carbocycles. The fraction of sp³-hybridized carbons (Fsp3) is 0.0952. The number of nitrogens with one attached hydrogen (secondary N) is 3. The second kappa shape index (κ2) is 9.07. The standard InChI is InChI=1S/C21H20FN3O5S2/c1-14-3-10-19(31(27,28)23-2)13-20(14)21(26)24-16-6-8-17(9-7-16)25-32(29,30)18-11-4-15(22)5-12-18/h3-13,23,25H,1-2H3,(H,24,26). The summed E-state index contributed by atoms with van der Waals surface area (Å²) in [5.74, 6) is -1.07. The maximum atomic E-state index is 13.0. The van der Waals surface area contributed by atoms with Gasteiger partial charge in [-0.25, -0.2) is 25.9 Å². The fourth-order valence-corrected chi connectivity index (χ4v) is 4.59. The molecule has 0 saturated heterocycles. The van der Waals surface area contributed by atoms with Crippen molar-refractivity contribution in [2.75, 3.05) is 17.1 Å². The molecule has 0 aromatic heterocycles. The lowest BCUT2D eigenvalue weighted by Crippen LogP contribution is -2.20. The highest BCUT2D eigenvalue weighted by molar-refractivity contribution is 7.92. The molecule has 3 aromatic carbocycles. The highest BCUT2D eigenvalue weighted by Crippen LogP contribution is 2.21. The van der Waals surface area contributed by atoms with Crippen molar-refractivity contribution < 1.29 is 26.0 Å². The van der Waals surface area contributed by atoms with Gasteiger partial charge in [0.15, 0.2) is 0 Å². The minimum absolute atomic E-state index is 0.0405. The third kappa shape index (κ3) is 5.31. The van der Waals surface area contributed by atoms with Gasteiger partial charge in [-0.05, 0) is 80.2 Å². The van der Waals surface area contributed by atoms with Gasteiger partial charge in [-0.2, -0.15) is 0 Å². The largest absolute Gasteiger partial charge is 0.322 e. The van der Waals surface area contributed by atoms with E-state index in [-0.39, 0.29) is 21.0 Å². The lowest BCUT2D eigenvalue weighted by Gasteiger charge is -2.11. The molecule has 8 nitrogen and oxygen atoms in total. The van der Waals surface area contributed by atoms with E-state index in [0.29, 0.717) is 11.3 Å². The molecule has 0 aliphatic heterocycles. The number of hydrogen-bond donors (Lipinski definition) is 3. The van der Waals surface area contributed by atoms with Crippen molar-refractivity contribution in [3.8, 4) is 0 Å². The summed E-state index contributed by atoms with van der Waals surface area (Å²) in [6, 6.07) is 14.5. The first-order valence-corrected chi connectivity index (χ1v) is 12.2. The van der Waals surface area contributed by atoms with Crippen molar-refractivity contribution >= 4 is 37.3 Å². The van der Waals surface area contributed by atoms with Crippen molar-refractivity contribution in [3.05, 3.63) is 83.7 Å². The van der Waals surface area contributed by atoms with Gasteiger partial charge in [-0.3, -0.25) is 9.52 Å². The van der Waals surface area contributed by atoms with E-state index in [1.54, 1.807) is 6.92 Å². The average molecular weight is 478 g/mol. The first-order valence-electron chi connectivity index (χ1n) is 9.26. The van der Waals surface area contributed by atoms with Crippen molar-refractivity contribution in [2.45, 2.75) is 16.7 Å². The Morgan fingerprint density at radius 2 is 1.34 bits per heavy atom. The SMILES string of the molecule is CNS(=O)(=O)c1ccc(C)c(C(=O)Nc2ccc(NS(=O)(=O)c3ccc(F)cc3)cc2)c1. The van der Waals surface area contributed by atoms with Crippen LogP contribution in [-0.2, 0) is 20.0 Å². The zero-order valence-corrected chi connectivity index (χ0v) is 18.7. The summed E-state index contributed by atoms with van der Waals surface area (Å²) in [4.78, 5) is 12.5. The van der Waals surface area contributed by atoms with Crippen LogP contribution in [-0.4, -0.2) is 29.8 Å². The van der Waals surface area contributed by atoms with E-state index >= 15 is 0 Å². The average Bonchev–Trinajstić information content (AvgIpc) is 2.75. The Morgan fingerprint density at radius 1 is 0.781 bits per heavy atom. The number of hydrogen-bond acceptors (Lipinski definition) is 5. The number of anilines is 2. The van der Waals surface area contributed by atoms with Gasteiger partial charge in [0.05, 0.1) is 9.79 Å². The monoisotopic (exact) mass is 477 g/mol. The first-order chi connectivity index (χ1) is 15.0. The van der Waals surface area contributed by atoms with Crippen LogP contribution in [0, 0.1) is 12.7 Å². The number of amides is 1. The van der Waals surface area contributed by atoms with Gasteiger partial charge in [-0.15, -0.1) is 0 Å². The van der Waals surface area contributed by atoms with Crippen LogP contribution in [0.4, 0.5) is 15.8 Å². The minimum atomic E-state index is -3.90. The lowest BCUT2D eigenvalue weighted by molar-refractivity contribution is 0.102. The van der Waals surface area contributed by atoms with Crippen LogP contribution in [0.2, 0.25) is 0 Å². The third-order valence-corrected chi connectivity index (χ3v) is 7.36. The van der Waals surface area contributed by atoms with E-state index < -0.39 is 31.8 Å². The Kier molecular flexibility index (Phi) is 6.63. The number of carbonyl (C=O) groups excluding carboxylic acids is 1. The van der Waals surface area contributed by atoms with Crippen LogP contribution in [0.15, 0.2) is 76.5 Å². The molecule has 3 N–H and O–H groups in total. The molecular weight excluding hydrogens is 457 g/mol. The van der Waals surface area contributed by atoms with Gasteiger partial charge in [-0.1, -0.05) is 6.07 Å². The summed E-state index contributed by atoms with van der Waals surface area (Å²) in [6.45, 7) is 1.68. The number of rotatable bonds is 7. The molecule has 0 heterocycles. The number of sulfonamides is 2. The predicted octanol–water partition coefficient (Wildman–Crippen LogP) is 3.10. The maximum absolute atomic E-state index is 13.0. The van der Waals surface area contributed by atoms with Gasteiger partial charge >= 0.3 is 0 Å². The molecule has 0 bridgehead atoms. The molecule has 0 aliphatic carbocycles. The Hall–Kier alpha value is -3.28. The van der Waals surface area contributed by atoms with Gasteiger partial charge in [0, 0.05) is 16.9 Å². The molecule has 0 spiro atoms. The quantitative estimate of drug-likeness (QED) is 0.483. The summed E-state index contributed by atoms with van der Waals surface area (Å²) in [7, 11) is -6.33. The molecule has 0 aliphatic rings. The highest BCUT2D eigenvalue weighted by atomic mass is 32.2. The number of benzene rings is 3. The molecule has 1 amide bonds. The van der Waals surface area contributed by atoms with Gasteiger partial charge < -0.3 is 5.32 Å². The summed E-state index contributed by atoms with van der Waals surface area (Å²) in [5, 5.41) is 2.65. The number of carbonyl (C=O) groups is 1.